The maximum Gasteiger partial charge on any atom is 0.306 e. The lowest BCUT2D eigenvalue weighted by Crippen LogP contribution is -2.39. The van der Waals surface area contributed by atoms with Crippen molar-refractivity contribution in [2.24, 2.45) is 11.8 Å². The third-order valence-electron chi connectivity index (χ3n) is 5.49. The molecule has 1 saturated heterocycles. The molecule has 3 rings (SSSR count). The lowest BCUT2D eigenvalue weighted by atomic mass is 10.1. The zero-order chi connectivity index (χ0) is 18.1. The van der Waals surface area contributed by atoms with Crippen LogP contribution in [0.2, 0.25) is 0 Å². The van der Waals surface area contributed by atoms with E-state index < -0.39 is 5.97 Å². The summed E-state index contributed by atoms with van der Waals surface area (Å²) in [4.78, 5) is 37.6. The maximum absolute atomic E-state index is 12.5. The largest absolute Gasteiger partial charge is 0.481 e. The summed E-state index contributed by atoms with van der Waals surface area (Å²) in [6.45, 7) is 4.36. The van der Waals surface area contributed by atoms with Crippen molar-refractivity contribution in [1.29, 1.82) is 0 Å². The number of carboxylic acids is 1. The Morgan fingerprint density at radius 1 is 1.20 bits per heavy atom. The molecule has 2 N–H and O–H groups in total. The van der Waals surface area contributed by atoms with Crippen molar-refractivity contribution < 1.29 is 19.5 Å². The molecule has 0 bridgehead atoms. The number of hydrogen-bond acceptors (Lipinski definition) is 3. The van der Waals surface area contributed by atoms with Crippen molar-refractivity contribution in [3.8, 4) is 0 Å². The lowest BCUT2D eigenvalue weighted by molar-refractivity contribution is -0.141. The van der Waals surface area contributed by atoms with Gasteiger partial charge in [0.05, 0.1) is 11.8 Å². The third kappa shape index (κ3) is 3.52. The topological polar surface area (TPSA) is 86.7 Å². The van der Waals surface area contributed by atoms with Crippen LogP contribution in [-0.2, 0) is 14.4 Å². The van der Waals surface area contributed by atoms with Crippen LogP contribution >= 0.6 is 0 Å². The Morgan fingerprint density at radius 3 is 2.64 bits per heavy atom. The predicted molar refractivity (Wildman–Crippen MR) is 93.3 cm³/mol. The number of hydrogen-bond donors (Lipinski definition) is 2. The third-order valence-corrected chi connectivity index (χ3v) is 5.49. The zero-order valence-corrected chi connectivity index (χ0v) is 14.6. The Balaban J connectivity index is 1.63. The second kappa shape index (κ2) is 6.86. The normalized spacial score (nSPS) is 26.1. The molecule has 3 atom stereocenters. The molecule has 1 unspecified atom stereocenters. The van der Waals surface area contributed by atoms with E-state index >= 15 is 0 Å². The van der Waals surface area contributed by atoms with Gasteiger partial charge in [0.1, 0.15) is 0 Å². The van der Waals surface area contributed by atoms with Crippen molar-refractivity contribution in [2.45, 2.75) is 45.6 Å². The monoisotopic (exact) mass is 344 g/mol. The highest BCUT2D eigenvalue weighted by atomic mass is 16.4. The number of carbonyl (C=O) groups excluding carboxylic acids is 2. The van der Waals surface area contributed by atoms with Crippen LogP contribution < -0.4 is 10.2 Å². The number of carbonyl (C=O) groups is 3. The van der Waals surface area contributed by atoms with Crippen LogP contribution in [0.25, 0.3) is 0 Å². The van der Waals surface area contributed by atoms with Crippen molar-refractivity contribution >= 4 is 23.5 Å². The van der Waals surface area contributed by atoms with Crippen molar-refractivity contribution in [1.82, 2.24) is 5.32 Å². The van der Waals surface area contributed by atoms with Gasteiger partial charge in [-0.15, -0.1) is 0 Å². The van der Waals surface area contributed by atoms with E-state index in [-0.39, 0.29) is 36.1 Å². The van der Waals surface area contributed by atoms with Crippen LogP contribution in [0, 0.1) is 25.7 Å². The minimum Gasteiger partial charge on any atom is -0.481 e. The predicted octanol–water partition coefficient (Wildman–Crippen LogP) is 2.03. The van der Waals surface area contributed by atoms with Gasteiger partial charge in [0.15, 0.2) is 0 Å². The average Bonchev–Trinajstić information content (AvgIpc) is 3.17. The Bertz CT molecular complexity index is 715. The fraction of sp³-hybridized carbons (Fsp3) is 0.526. The van der Waals surface area contributed by atoms with Gasteiger partial charge in [0.2, 0.25) is 11.8 Å². The molecule has 6 heteroatoms. The van der Waals surface area contributed by atoms with E-state index in [0.717, 1.165) is 16.8 Å². The van der Waals surface area contributed by atoms with Gasteiger partial charge in [-0.1, -0.05) is 12.1 Å². The Kier molecular flexibility index (Phi) is 4.79. The Labute approximate surface area is 147 Å². The molecule has 1 heterocycles. The molecule has 134 valence electrons. The van der Waals surface area contributed by atoms with E-state index in [1.54, 1.807) is 4.90 Å². The average molecular weight is 344 g/mol. The molecule has 1 aliphatic carbocycles. The standard InChI is InChI=1S/C19H24N2O4/c1-11-4-3-5-16(12(11)2)21-10-14(9-17(21)22)18(23)20-15-7-6-13(8-15)19(24)25/h3-5,13-15H,6-10H2,1-2H3,(H,20,23)(H,24,25)/t13-,14?,15+/m0/s1. The highest BCUT2D eigenvalue weighted by Gasteiger charge is 2.38. The Morgan fingerprint density at radius 2 is 1.96 bits per heavy atom. The number of aliphatic carboxylic acids is 1. The van der Waals surface area contributed by atoms with Gasteiger partial charge in [-0.3, -0.25) is 14.4 Å². The van der Waals surface area contributed by atoms with Crippen LogP contribution in [0.15, 0.2) is 18.2 Å². The Hall–Kier alpha value is -2.37. The molecule has 0 spiro atoms. The first kappa shape index (κ1) is 17.5. The summed E-state index contributed by atoms with van der Waals surface area (Å²) < 4.78 is 0. The number of amides is 2. The second-order valence-electron chi connectivity index (χ2n) is 7.18. The van der Waals surface area contributed by atoms with Gasteiger partial charge in [0.25, 0.3) is 0 Å². The first-order chi connectivity index (χ1) is 11.9. The lowest BCUT2D eigenvalue weighted by Gasteiger charge is -2.20. The second-order valence-corrected chi connectivity index (χ2v) is 7.18. The molecule has 1 aromatic carbocycles. The van der Waals surface area contributed by atoms with Gasteiger partial charge in [-0.2, -0.15) is 0 Å². The van der Waals surface area contributed by atoms with E-state index in [1.807, 2.05) is 32.0 Å². The maximum atomic E-state index is 12.5. The number of rotatable bonds is 4. The van der Waals surface area contributed by atoms with Crippen LogP contribution in [-0.4, -0.2) is 35.5 Å². The van der Waals surface area contributed by atoms with Gasteiger partial charge in [0, 0.05) is 24.7 Å². The first-order valence-corrected chi connectivity index (χ1v) is 8.76. The molecule has 2 aliphatic rings. The fourth-order valence-corrected chi connectivity index (χ4v) is 3.80. The van der Waals surface area contributed by atoms with E-state index in [4.69, 9.17) is 5.11 Å². The number of nitrogens with zero attached hydrogens (tertiary/aromatic N) is 1. The molecule has 1 saturated carbocycles. The van der Waals surface area contributed by atoms with Crippen LogP contribution in [0.4, 0.5) is 5.69 Å². The van der Waals surface area contributed by atoms with Crippen LogP contribution in [0.1, 0.15) is 36.8 Å². The van der Waals surface area contributed by atoms with Crippen LogP contribution in [0.3, 0.4) is 0 Å². The molecular weight excluding hydrogens is 320 g/mol. The van der Waals surface area contributed by atoms with Crippen molar-refractivity contribution in [3.05, 3.63) is 29.3 Å². The number of nitrogens with one attached hydrogen (secondary N) is 1. The van der Waals surface area contributed by atoms with Gasteiger partial charge in [-0.05, 0) is 50.3 Å². The molecule has 1 aromatic rings. The number of carboxylic acid groups (broad SMARTS) is 1. The summed E-state index contributed by atoms with van der Waals surface area (Å²) >= 11 is 0. The minimum absolute atomic E-state index is 0.0383. The smallest absolute Gasteiger partial charge is 0.306 e. The van der Waals surface area contributed by atoms with Gasteiger partial charge in [-0.25, -0.2) is 0 Å². The molecule has 6 nitrogen and oxygen atoms in total. The molecular formula is C19H24N2O4. The first-order valence-electron chi connectivity index (χ1n) is 8.76. The van der Waals surface area contributed by atoms with E-state index in [2.05, 4.69) is 5.32 Å². The summed E-state index contributed by atoms with van der Waals surface area (Å²) in [6, 6.07) is 5.74. The highest BCUT2D eigenvalue weighted by Crippen LogP contribution is 2.30. The van der Waals surface area contributed by atoms with Gasteiger partial charge >= 0.3 is 5.97 Å². The van der Waals surface area contributed by atoms with Crippen molar-refractivity contribution in [3.63, 3.8) is 0 Å². The molecule has 1 aliphatic heterocycles. The number of anilines is 1. The summed E-state index contributed by atoms with van der Waals surface area (Å²) in [5.41, 5.74) is 3.04. The number of benzene rings is 1. The molecule has 25 heavy (non-hydrogen) atoms. The highest BCUT2D eigenvalue weighted by molar-refractivity contribution is 6.01. The SMILES string of the molecule is Cc1cccc(N2CC(C(=O)N[C@@H]3CC[C@H](C(=O)O)C3)CC2=O)c1C. The zero-order valence-electron chi connectivity index (χ0n) is 14.6. The summed E-state index contributed by atoms with van der Waals surface area (Å²) in [5.74, 6) is -1.73. The van der Waals surface area contributed by atoms with E-state index in [1.165, 1.54) is 0 Å². The quantitative estimate of drug-likeness (QED) is 0.875. The molecule has 0 aromatic heterocycles. The summed E-state index contributed by atoms with van der Waals surface area (Å²) in [5, 5.41) is 12.0. The fourth-order valence-electron chi connectivity index (χ4n) is 3.80. The minimum atomic E-state index is -0.797. The summed E-state index contributed by atoms with van der Waals surface area (Å²) in [6.07, 6.45) is 1.96. The van der Waals surface area contributed by atoms with Gasteiger partial charge < -0.3 is 15.3 Å². The molecule has 2 amide bonds. The summed E-state index contributed by atoms with van der Waals surface area (Å²) in [7, 11) is 0. The van der Waals surface area contributed by atoms with E-state index in [0.29, 0.717) is 25.8 Å². The van der Waals surface area contributed by atoms with Crippen molar-refractivity contribution in [2.75, 3.05) is 11.4 Å². The van der Waals surface area contributed by atoms with Crippen LogP contribution in [0.5, 0.6) is 0 Å². The molecule has 2 fully saturated rings. The van der Waals surface area contributed by atoms with E-state index in [9.17, 15) is 14.4 Å². The number of aryl methyl sites for hydroxylation is 1. The molecule has 0 radical (unpaired) electrons.